The third kappa shape index (κ3) is 2.82. The molecule has 98 valence electrons. The lowest BCUT2D eigenvalue weighted by Crippen LogP contribution is -2.31. The van der Waals surface area contributed by atoms with E-state index in [2.05, 4.69) is 50.0 Å². The normalized spacial score (nSPS) is 22.8. The van der Waals surface area contributed by atoms with Gasteiger partial charge in [-0.3, -0.25) is 0 Å². The van der Waals surface area contributed by atoms with E-state index in [0.29, 0.717) is 6.04 Å². The summed E-state index contributed by atoms with van der Waals surface area (Å²) in [6.45, 7) is 9.35. The predicted molar refractivity (Wildman–Crippen MR) is 77.3 cm³/mol. The van der Waals surface area contributed by atoms with Crippen LogP contribution in [-0.2, 0) is 0 Å². The number of allylic oxidation sites excluding steroid dienone is 1. The van der Waals surface area contributed by atoms with Crippen LogP contribution < -0.4 is 11.1 Å². The van der Waals surface area contributed by atoms with Crippen LogP contribution in [0.2, 0.25) is 0 Å². The maximum atomic E-state index is 6.18. The summed E-state index contributed by atoms with van der Waals surface area (Å²) < 4.78 is 0. The van der Waals surface area contributed by atoms with Gasteiger partial charge < -0.3 is 11.1 Å². The quantitative estimate of drug-likeness (QED) is 0.780. The number of fused-ring (bicyclic) bond motifs is 1. The average molecular weight is 244 g/mol. The predicted octanol–water partition coefficient (Wildman–Crippen LogP) is 3.32. The molecule has 0 saturated heterocycles. The van der Waals surface area contributed by atoms with Gasteiger partial charge in [-0.25, -0.2) is 0 Å². The van der Waals surface area contributed by atoms with E-state index in [-0.39, 0.29) is 11.5 Å². The van der Waals surface area contributed by atoms with Crippen molar-refractivity contribution in [3.05, 3.63) is 48.0 Å². The van der Waals surface area contributed by atoms with Gasteiger partial charge in [0.1, 0.15) is 0 Å². The fourth-order valence-corrected chi connectivity index (χ4v) is 2.73. The Morgan fingerprint density at radius 3 is 2.72 bits per heavy atom. The van der Waals surface area contributed by atoms with Crippen molar-refractivity contribution in [2.45, 2.75) is 38.8 Å². The van der Waals surface area contributed by atoms with Gasteiger partial charge in [0, 0.05) is 18.6 Å². The smallest absolute Gasteiger partial charge is 0.0341 e. The zero-order chi connectivity index (χ0) is 13.2. The third-order valence-electron chi connectivity index (χ3n) is 3.78. The molecule has 2 rings (SSSR count). The zero-order valence-electron chi connectivity index (χ0n) is 11.4. The first-order valence-corrected chi connectivity index (χ1v) is 6.72. The fourth-order valence-electron chi connectivity index (χ4n) is 2.73. The lowest BCUT2D eigenvalue weighted by molar-refractivity contribution is 0.320. The van der Waals surface area contributed by atoms with E-state index in [1.54, 1.807) is 0 Å². The van der Waals surface area contributed by atoms with E-state index in [4.69, 9.17) is 5.73 Å². The molecule has 1 aromatic rings. The van der Waals surface area contributed by atoms with E-state index in [0.717, 1.165) is 19.4 Å². The van der Waals surface area contributed by atoms with Crippen molar-refractivity contribution in [3.8, 4) is 0 Å². The minimum Gasteiger partial charge on any atom is -0.324 e. The number of hydrogen-bond acceptors (Lipinski definition) is 2. The molecular formula is C16H24N2. The van der Waals surface area contributed by atoms with Gasteiger partial charge in [0.05, 0.1) is 0 Å². The third-order valence-corrected chi connectivity index (χ3v) is 3.78. The SMILES string of the molecule is C=CCC(C)(C)CNC1CC(N)c2ccccc21. The van der Waals surface area contributed by atoms with Crippen LogP contribution in [0.3, 0.4) is 0 Å². The molecule has 18 heavy (non-hydrogen) atoms. The van der Waals surface area contributed by atoms with Crippen LogP contribution in [0.25, 0.3) is 0 Å². The monoisotopic (exact) mass is 244 g/mol. The van der Waals surface area contributed by atoms with Crippen molar-refractivity contribution >= 4 is 0 Å². The maximum absolute atomic E-state index is 6.18. The minimum atomic E-state index is 0.182. The number of benzene rings is 1. The van der Waals surface area contributed by atoms with Crippen LogP contribution in [0.15, 0.2) is 36.9 Å². The lowest BCUT2D eigenvalue weighted by atomic mass is 9.89. The summed E-state index contributed by atoms with van der Waals surface area (Å²) in [6, 6.07) is 9.10. The molecule has 0 saturated carbocycles. The second-order valence-electron chi connectivity index (χ2n) is 6.06. The Morgan fingerprint density at radius 2 is 2.06 bits per heavy atom. The lowest BCUT2D eigenvalue weighted by Gasteiger charge is -2.26. The first kappa shape index (κ1) is 13.3. The Hall–Kier alpha value is -1.12. The molecule has 0 heterocycles. The highest BCUT2D eigenvalue weighted by Gasteiger charge is 2.29. The highest BCUT2D eigenvalue weighted by atomic mass is 14.9. The molecule has 1 aliphatic carbocycles. The summed E-state index contributed by atoms with van der Waals surface area (Å²) in [7, 11) is 0. The summed E-state index contributed by atoms with van der Waals surface area (Å²) in [6.07, 6.45) is 4.03. The zero-order valence-corrected chi connectivity index (χ0v) is 11.4. The highest BCUT2D eigenvalue weighted by Crippen LogP contribution is 2.37. The Labute approximate surface area is 110 Å². The molecule has 2 unspecified atom stereocenters. The molecule has 0 radical (unpaired) electrons. The van der Waals surface area contributed by atoms with E-state index in [9.17, 15) is 0 Å². The van der Waals surface area contributed by atoms with Crippen molar-refractivity contribution < 1.29 is 0 Å². The molecule has 3 N–H and O–H groups in total. The molecule has 0 fully saturated rings. The minimum absolute atomic E-state index is 0.182. The molecule has 2 heteroatoms. The number of rotatable bonds is 5. The van der Waals surface area contributed by atoms with Crippen LogP contribution in [0.1, 0.15) is 49.9 Å². The summed E-state index contributed by atoms with van der Waals surface area (Å²) >= 11 is 0. The fraction of sp³-hybridized carbons (Fsp3) is 0.500. The number of hydrogen-bond donors (Lipinski definition) is 2. The largest absolute Gasteiger partial charge is 0.324 e. The second-order valence-corrected chi connectivity index (χ2v) is 6.06. The first-order valence-electron chi connectivity index (χ1n) is 6.72. The van der Waals surface area contributed by atoms with Gasteiger partial charge in [-0.1, -0.05) is 44.2 Å². The molecular weight excluding hydrogens is 220 g/mol. The molecule has 0 aromatic heterocycles. The van der Waals surface area contributed by atoms with Gasteiger partial charge in [0.2, 0.25) is 0 Å². The highest BCUT2D eigenvalue weighted by molar-refractivity contribution is 5.37. The Balaban J connectivity index is 2.02. The van der Waals surface area contributed by atoms with Crippen LogP contribution in [-0.4, -0.2) is 6.54 Å². The molecule has 1 aliphatic rings. The van der Waals surface area contributed by atoms with Crippen molar-refractivity contribution in [1.29, 1.82) is 0 Å². The van der Waals surface area contributed by atoms with Crippen molar-refractivity contribution in [3.63, 3.8) is 0 Å². The molecule has 2 nitrogen and oxygen atoms in total. The number of nitrogens with one attached hydrogen (secondary N) is 1. The van der Waals surface area contributed by atoms with Crippen molar-refractivity contribution in [2.75, 3.05) is 6.54 Å². The maximum Gasteiger partial charge on any atom is 0.0341 e. The summed E-state index contributed by atoms with van der Waals surface area (Å²) in [5.41, 5.74) is 9.11. The summed E-state index contributed by atoms with van der Waals surface area (Å²) in [5.74, 6) is 0. The summed E-state index contributed by atoms with van der Waals surface area (Å²) in [5, 5.41) is 3.67. The van der Waals surface area contributed by atoms with Gasteiger partial charge in [-0.2, -0.15) is 0 Å². The average Bonchev–Trinajstić information content (AvgIpc) is 2.65. The molecule has 0 bridgehead atoms. The molecule has 2 atom stereocenters. The standard InChI is InChI=1S/C16H24N2/c1-4-9-16(2,3)11-18-15-10-14(17)12-7-5-6-8-13(12)15/h4-8,14-15,18H,1,9-11,17H2,2-3H3. The van der Waals surface area contributed by atoms with Gasteiger partial charge in [0.15, 0.2) is 0 Å². The molecule has 0 aliphatic heterocycles. The molecule has 0 spiro atoms. The van der Waals surface area contributed by atoms with Crippen molar-refractivity contribution in [1.82, 2.24) is 5.32 Å². The van der Waals surface area contributed by atoms with Gasteiger partial charge in [0.25, 0.3) is 0 Å². The topological polar surface area (TPSA) is 38.0 Å². The van der Waals surface area contributed by atoms with Crippen LogP contribution in [0.4, 0.5) is 0 Å². The second kappa shape index (κ2) is 5.25. The van der Waals surface area contributed by atoms with E-state index in [1.165, 1.54) is 11.1 Å². The molecule has 1 aromatic carbocycles. The Morgan fingerprint density at radius 1 is 1.39 bits per heavy atom. The Kier molecular flexibility index (Phi) is 3.88. The van der Waals surface area contributed by atoms with Gasteiger partial charge in [-0.05, 0) is 29.4 Å². The van der Waals surface area contributed by atoms with E-state index < -0.39 is 0 Å². The van der Waals surface area contributed by atoms with Crippen LogP contribution in [0, 0.1) is 5.41 Å². The van der Waals surface area contributed by atoms with Crippen LogP contribution in [0.5, 0.6) is 0 Å². The van der Waals surface area contributed by atoms with Crippen LogP contribution >= 0.6 is 0 Å². The van der Waals surface area contributed by atoms with Crippen molar-refractivity contribution in [2.24, 2.45) is 11.1 Å². The summed E-state index contributed by atoms with van der Waals surface area (Å²) in [4.78, 5) is 0. The van der Waals surface area contributed by atoms with Gasteiger partial charge in [-0.15, -0.1) is 6.58 Å². The van der Waals surface area contributed by atoms with Gasteiger partial charge >= 0.3 is 0 Å². The first-order chi connectivity index (χ1) is 8.53. The van der Waals surface area contributed by atoms with E-state index in [1.807, 2.05) is 6.08 Å². The van der Waals surface area contributed by atoms with E-state index >= 15 is 0 Å². The number of nitrogens with two attached hydrogens (primary N) is 1. The molecule has 0 amide bonds. The Bertz CT molecular complexity index is 423.